The number of aromatic carboxylic acids is 1. The molecule has 1 aliphatic rings. The van der Waals surface area contributed by atoms with Gasteiger partial charge in [-0.1, -0.05) is 62.7 Å². The van der Waals surface area contributed by atoms with E-state index in [1.807, 2.05) is 32.9 Å². The number of halogens is 6. The number of sulfonamides is 1. The van der Waals surface area contributed by atoms with Crippen LogP contribution in [0.15, 0.2) is 65.6 Å². The number of hydrogen-bond donors (Lipinski definition) is 2. The number of carbonyl (C=O) groups is 2. The zero-order valence-electron chi connectivity index (χ0n) is 29.1. The Bertz CT molecular complexity index is 2160. The third kappa shape index (κ3) is 8.50. The molecule has 0 unspecified atom stereocenters. The van der Waals surface area contributed by atoms with Crippen LogP contribution in [0, 0.1) is 29.1 Å². The molecule has 8 nitrogen and oxygen atoms in total. The van der Waals surface area contributed by atoms with E-state index in [1.54, 1.807) is 0 Å². The fourth-order valence-corrected chi connectivity index (χ4v) is 7.77. The van der Waals surface area contributed by atoms with Gasteiger partial charge in [-0.15, -0.1) is 0 Å². The number of benzene rings is 4. The first-order valence-corrected chi connectivity index (χ1v) is 18.3. The molecule has 1 aliphatic carbocycles. The van der Waals surface area contributed by atoms with Gasteiger partial charge in [0.1, 0.15) is 11.3 Å². The van der Waals surface area contributed by atoms with Gasteiger partial charge >= 0.3 is 5.97 Å². The van der Waals surface area contributed by atoms with Gasteiger partial charge in [0.2, 0.25) is 21.7 Å². The number of carboxylic acids is 1. The first-order valence-electron chi connectivity index (χ1n) is 16.5. The Morgan fingerprint density at radius 2 is 1.43 bits per heavy atom. The predicted molar refractivity (Wildman–Crippen MR) is 188 cm³/mol. The summed E-state index contributed by atoms with van der Waals surface area (Å²) in [5.41, 5.74) is 2.23. The van der Waals surface area contributed by atoms with Gasteiger partial charge in [0, 0.05) is 35.8 Å². The summed E-state index contributed by atoms with van der Waals surface area (Å²) >= 11 is 5.97. The van der Waals surface area contributed by atoms with Crippen molar-refractivity contribution in [1.29, 1.82) is 0 Å². The number of nitrogens with zero attached hydrogens (tertiary/aromatic N) is 2. The first-order chi connectivity index (χ1) is 24.7. The maximum Gasteiger partial charge on any atom is 0.339 e. The van der Waals surface area contributed by atoms with Crippen molar-refractivity contribution in [1.82, 2.24) is 4.31 Å². The van der Waals surface area contributed by atoms with Crippen molar-refractivity contribution in [2.75, 3.05) is 4.90 Å². The van der Waals surface area contributed by atoms with Gasteiger partial charge in [-0.05, 0) is 77.6 Å². The summed E-state index contributed by atoms with van der Waals surface area (Å²) in [6, 6.07) is 13.5. The van der Waals surface area contributed by atoms with Crippen LogP contribution in [-0.2, 0) is 33.3 Å². The Morgan fingerprint density at radius 3 is 1.96 bits per heavy atom. The fraction of sp³-hybridized carbons (Fsp3) is 0.316. The lowest BCUT2D eigenvalue weighted by Crippen LogP contribution is -2.43. The normalized spacial score (nSPS) is 14.0. The molecular formula is C38H36ClF5N2O6S. The molecule has 0 saturated heterocycles. The number of phenols is 1. The zero-order valence-corrected chi connectivity index (χ0v) is 30.6. The van der Waals surface area contributed by atoms with E-state index in [1.165, 1.54) is 42.2 Å². The monoisotopic (exact) mass is 778 g/mol. The van der Waals surface area contributed by atoms with E-state index in [0.717, 1.165) is 36.1 Å². The average molecular weight is 779 g/mol. The van der Waals surface area contributed by atoms with Crippen LogP contribution in [0.25, 0.3) is 0 Å². The molecular weight excluding hydrogens is 743 g/mol. The second-order valence-corrected chi connectivity index (χ2v) is 16.4. The second-order valence-electron chi connectivity index (χ2n) is 14.1. The summed E-state index contributed by atoms with van der Waals surface area (Å²) < 4.78 is 101. The smallest absolute Gasteiger partial charge is 0.339 e. The molecule has 1 fully saturated rings. The number of aromatic hydroxyl groups is 1. The zero-order chi connectivity index (χ0) is 39.2. The van der Waals surface area contributed by atoms with Crippen molar-refractivity contribution in [2.24, 2.45) is 0 Å². The van der Waals surface area contributed by atoms with Crippen LogP contribution < -0.4 is 4.90 Å². The van der Waals surface area contributed by atoms with Gasteiger partial charge in [0.05, 0.1) is 6.54 Å². The van der Waals surface area contributed by atoms with Gasteiger partial charge in [0.15, 0.2) is 28.2 Å². The van der Waals surface area contributed by atoms with E-state index in [-0.39, 0.29) is 28.2 Å². The molecule has 0 aliphatic heterocycles. The molecule has 15 heteroatoms. The third-order valence-electron chi connectivity index (χ3n) is 9.04. The predicted octanol–water partition coefficient (Wildman–Crippen LogP) is 8.82. The van der Waals surface area contributed by atoms with E-state index in [9.17, 15) is 41.4 Å². The van der Waals surface area contributed by atoms with E-state index >= 15 is 8.78 Å². The highest BCUT2D eigenvalue weighted by Gasteiger charge is 2.40. The Balaban J connectivity index is 1.59. The van der Waals surface area contributed by atoms with Crippen LogP contribution in [0.3, 0.4) is 0 Å². The molecule has 0 radical (unpaired) electrons. The molecule has 1 amide bonds. The summed E-state index contributed by atoms with van der Waals surface area (Å²) in [7, 11) is -5.55. The Hall–Kier alpha value is -4.53. The van der Waals surface area contributed by atoms with Crippen molar-refractivity contribution in [3.05, 3.63) is 123 Å². The van der Waals surface area contributed by atoms with Gasteiger partial charge < -0.3 is 15.1 Å². The van der Waals surface area contributed by atoms with Crippen molar-refractivity contribution >= 4 is 39.2 Å². The van der Waals surface area contributed by atoms with Crippen molar-refractivity contribution in [2.45, 2.75) is 82.3 Å². The SMILES string of the molecule is C[C@@H](CC(=O)N(Cc1cc(C2CC2)cc(C(C)(C)C)c1)c1ccc(C(=O)O)c(O)c1)N(Cc1ccc(Cl)cc1)S(=O)(=O)c1c(F)c(F)c(F)c(F)c1F. The van der Waals surface area contributed by atoms with Crippen LogP contribution in [0.4, 0.5) is 27.6 Å². The molecule has 0 aromatic heterocycles. The van der Waals surface area contributed by atoms with Crippen LogP contribution in [0.5, 0.6) is 5.75 Å². The molecule has 0 heterocycles. The lowest BCUT2D eigenvalue weighted by atomic mass is 9.84. The first kappa shape index (κ1) is 39.7. The van der Waals surface area contributed by atoms with Crippen LogP contribution >= 0.6 is 11.6 Å². The molecule has 1 saturated carbocycles. The lowest BCUT2D eigenvalue weighted by Gasteiger charge is -2.31. The molecule has 4 aromatic rings. The highest BCUT2D eigenvalue weighted by atomic mass is 35.5. The molecule has 0 spiro atoms. The highest BCUT2D eigenvalue weighted by Crippen LogP contribution is 2.42. The number of carboxylic acid groups (broad SMARTS) is 1. The van der Waals surface area contributed by atoms with Crippen molar-refractivity contribution in [3.8, 4) is 5.75 Å². The van der Waals surface area contributed by atoms with Crippen LogP contribution in [0.2, 0.25) is 5.02 Å². The third-order valence-corrected chi connectivity index (χ3v) is 11.3. The summed E-state index contributed by atoms with van der Waals surface area (Å²) in [5, 5.41) is 20.3. The Labute approximate surface area is 308 Å². The van der Waals surface area contributed by atoms with Crippen LogP contribution in [-0.4, -0.2) is 40.9 Å². The van der Waals surface area contributed by atoms with Gasteiger partial charge in [-0.2, -0.15) is 4.31 Å². The summed E-state index contributed by atoms with van der Waals surface area (Å²) in [4.78, 5) is 25.1. The minimum atomic E-state index is -5.55. The van der Waals surface area contributed by atoms with Gasteiger partial charge in [-0.25, -0.2) is 35.2 Å². The molecule has 282 valence electrons. The number of carbonyl (C=O) groups excluding carboxylic acids is 1. The standard InChI is InChI=1S/C38H36ClF5N2O6S/c1-20(46(19-21-5-9-26(39)10-6-21)53(51,52)36-34(43)32(41)31(40)33(42)35(36)44)13-30(48)45(27-11-12-28(37(49)50)29(47)17-27)18-22-14-24(23-7-8-23)16-25(15-22)38(2,3)4/h5-6,9-12,14-17,20,23,47H,7-8,13,18-19H2,1-4H3,(H,49,50)/t20-/m0/s1. The molecule has 5 rings (SSSR count). The van der Waals surface area contributed by atoms with E-state index in [0.29, 0.717) is 15.8 Å². The number of amides is 1. The topological polar surface area (TPSA) is 115 Å². The maximum atomic E-state index is 15.0. The minimum absolute atomic E-state index is 0.0470. The van der Waals surface area contributed by atoms with Crippen LogP contribution in [0.1, 0.15) is 85.5 Å². The van der Waals surface area contributed by atoms with Crippen molar-refractivity contribution < 1.29 is 50.2 Å². The molecule has 4 aromatic carbocycles. The van der Waals surface area contributed by atoms with Gasteiger partial charge in [-0.3, -0.25) is 4.79 Å². The Morgan fingerprint density at radius 1 is 0.849 bits per heavy atom. The maximum absolute atomic E-state index is 15.0. The quantitative estimate of drug-likeness (QED) is 0.0844. The lowest BCUT2D eigenvalue weighted by molar-refractivity contribution is -0.119. The van der Waals surface area contributed by atoms with E-state index < -0.39 is 86.2 Å². The number of rotatable bonds is 12. The summed E-state index contributed by atoms with van der Waals surface area (Å²) in [6.45, 7) is 6.51. The van der Waals surface area contributed by atoms with E-state index in [4.69, 9.17) is 11.6 Å². The molecule has 1 atom stereocenters. The highest BCUT2D eigenvalue weighted by molar-refractivity contribution is 7.89. The molecule has 0 bridgehead atoms. The largest absolute Gasteiger partial charge is 0.507 e. The molecule has 53 heavy (non-hydrogen) atoms. The fourth-order valence-electron chi connectivity index (χ4n) is 5.91. The van der Waals surface area contributed by atoms with Gasteiger partial charge in [0.25, 0.3) is 0 Å². The number of anilines is 1. The Kier molecular flexibility index (Phi) is 11.3. The molecule has 2 N–H and O–H groups in total. The minimum Gasteiger partial charge on any atom is -0.507 e. The van der Waals surface area contributed by atoms with E-state index in [2.05, 4.69) is 6.07 Å². The average Bonchev–Trinajstić information content (AvgIpc) is 3.93. The summed E-state index contributed by atoms with van der Waals surface area (Å²) in [6.07, 6.45) is 1.27. The number of hydrogen-bond acceptors (Lipinski definition) is 5. The summed E-state index contributed by atoms with van der Waals surface area (Å²) in [5.74, 6) is -15.1. The van der Waals surface area contributed by atoms with Crippen molar-refractivity contribution in [3.63, 3.8) is 0 Å². The second kappa shape index (κ2) is 15.1.